The predicted molar refractivity (Wildman–Crippen MR) is 88.0 cm³/mol. The number of carbonyl (C=O) groups is 1. The summed E-state index contributed by atoms with van der Waals surface area (Å²) in [6, 6.07) is 7.24. The molecule has 3 N–H and O–H groups in total. The van der Waals surface area contributed by atoms with Crippen LogP contribution in [0.4, 0.5) is 0 Å². The van der Waals surface area contributed by atoms with Crippen LogP contribution in [0.25, 0.3) is 0 Å². The Morgan fingerprint density at radius 1 is 1.17 bits per heavy atom. The minimum atomic E-state index is -3.73. The number of nitrogens with zero attached hydrogens (tertiary/aromatic N) is 1. The molecule has 1 aromatic rings. The number of piperazine rings is 1. The molecule has 1 aromatic carbocycles. The van der Waals surface area contributed by atoms with E-state index in [1.807, 2.05) is 18.9 Å². The minimum absolute atomic E-state index is 0.153. The molecule has 1 saturated heterocycles. The van der Waals surface area contributed by atoms with Gasteiger partial charge >= 0.3 is 0 Å². The number of amides is 1. The lowest BCUT2D eigenvalue weighted by Gasteiger charge is -2.30. The minimum Gasteiger partial charge on any atom is -0.314 e. The van der Waals surface area contributed by atoms with Gasteiger partial charge in [-0.3, -0.25) is 10.2 Å². The summed E-state index contributed by atoms with van der Waals surface area (Å²) >= 11 is 0. The van der Waals surface area contributed by atoms with Crippen LogP contribution in [0.3, 0.4) is 0 Å². The van der Waals surface area contributed by atoms with E-state index in [-0.39, 0.29) is 16.7 Å². The van der Waals surface area contributed by atoms with E-state index in [0.29, 0.717) is 13.1 Å². The normalized spacial score (nSPS) is 17.9. The van der Waals surface area contributed by atoms with Crippen LogP contribution < -0.4 is 15.5 Å². The fourth-order valence-corrected chi connectivity index (χ4v) is 3.69. The monoisotopic (exact) mass is 340 g/mol. The summed E-state index contributed by atoms with van der Waals surface area (Å²) in [6.07, 6.45) is 0. The van der Waals surface area contributed by atoms with Crippen LogP contribution in [0.1, 0.15) is 13.8 Å². The zero-order chi connectivity index (χ0) is 16.9. The first-order valence-electron chi connectivity index (χ1n) is 7.73. The van der Waals surface area contributed by atoms with E-state index in [1.54, 1.807) is 18.2 Å². The van der Waals surface area contributed by atoms with Gasteiger partial charge in [-0.25, -0.2) is 13.4 Å². The molecule has 1 amide bonds. The Morgan fingerprint density at radius 3 is 2.35 bits per heavy atom. The molecule has 1 aliphatic heterocycles. The average Bonchev–Trinajstić information content (AvgIpc) is 2.54. The second kappa shape index (κ2) is 7.87. The Bertz CT molecular complexity index is 613. The van der Waals surface area contributed by atoms with Gasteiger partial charge in [0.25, 0.3) is 5.91 Å². The van der Waals surface area contributed by atoms with Gasteiger partial charge in [-0.1, -0.05) is 32.0 Å². The van der Waals surface area contributed by atoms with Crippen molar-refractivity contribution in [1.82, 2.24) is 20.5 Å². The maximum Gasteiger partial charge on any atom is 0.252 e. The van der Waals surface area contributed by atoms with Crippen molar-refractivity contribution in [1.29, 1.82) is 0 Å². The highest BCUT2D eigenvalue weighted by Crippen LogP contribution is 2.11. The van der Waals surface area contributed by atoms with Crippen LogP contribution in [-0.2, 0) is 14.8 Å². The fourth-order valence-electron chi connectivity index (χ4n) is 2.33. The third-order valence-corrected chi connectivity index (χ3v) is 5.13. The number of hydrogen-bond donors (Lipinski definition) is 3. The van der Waals surface area contributed by atoms with Crippen LogP contribution in [0.15, 0.2) is 35.2 Å². The number of rotatable bonds is 6. The van der Waals surface area contributed by atoms with E-state index in [1.165, 1.54) is 12.1 Å². The summed E-state index contributed by atoms with van der Waals surface area (Å²) in [6.45, 7) is 6.61. The number of carbonyl (C=O) groups excluding carboxylic acids is 1. The summed E-state index contributed by atoms with van der Waals surface area (Å²) in [5.74, 6) is -0.502. The zero-order valence-electron chi connectivity index (χ0n) is 13.5. The molecule has 1 aliphatic rings. The van der Waals surface area contributed by atoms with Crippen molar-refractivity contribution in [3.63, 3.8) is 0 Å². The molecule has 7 nitrogen and oxygen atoms in total. The van der Waals surface area contributed by atoms with Gasteiger partial charge in [-0.05, 0) is 18.1 Å². The molecule has 2 rings (SSSR count). The Morgan fingerprint density at radius 2 is 1.78 bits per heavy atom. The van der Waals surface area contributed by atoms with Gasteiger partial charge in [0.1, 0.15) is 6.04 Å². The molecule has 128 valence electrons. The highest BCUT2D eigenvalue weighted by Gasteiger charge is 2.29. The first-order valence-corrected chi connectivity index (χ1v) is 9.22. The molecule has 0 aliphatic carbocycles. The SMILES string of the molecule is CC(C)[C@H](NS(=O)(=O)c1ccccc1)C(=O)NN1CCNCC1. The summed E-state index contributed by atoms with van der Waals surface area (Å²) in [4.78, 5) is 12.6. The second-order valence-electron chi connectivity index (χ2n) is 5.87. The number of benzene rings is 1. The van der Waals surface area contributed by atoms with Crippen molar-refractivity contribution >= 4 is 15.9 Å². The molecule has 0 aromatic heterocycles. The summed E-state index contributed by atoms with van der Waals surface area (Å²) in [7, 11) is -3.73. The standard InChI is InChI=1S/C15H24N4O3S/c1-12(2)14(15(20)17-19-10-8-16-9-11-19)18-23(21,22)13-6-4-3-5-7-13/h3-7,12,14,16,18H,8-11H2,1-2H3,(H,17,20)/t14-/m0/s1. The van der Waals surface area contributed by atoms with Gasteiger partial charge in [0, 0.05) is 26.2 Å². The van der Waals surface area contributed by atoms with Crippen LogP contribution >= 0.6 is 0 Å². The predicted octanol–water partition coefficient (Wildman–Crippen LogP) is -0.0741. The Kier molecular flexibility index (Phi) is 6.11. The van der Waals surface area contributed by atoms with Crippen molar-refractivity contribution in [2.75, 3.05) is 26.2 Å². The van der Waals surface area contributed by atoms with Crippen LogP contribution in [-0.4, -0.2) is 51.6 Å². The molecular weight excluding hydrogens is 316 g/mol. The van der Waals surface area contributed by atoms with Crippen molar-refractivity contribution in [2.24, 2.45) is 5.92 Å². The molecule has 0 radical (unpaired) electrons. The van der Waals surface area contributed by atoms with Crippen molar-refractivity contribution < 1.29 is 13.2 Å². The molecule has 1 atom stereocenters. The second-order valence-corrected chi connectivity index (χ2v) is 7.58. The van der Waals surface area contributed by atoms with Crippen LogP contribution in [0.2, 0.25) is 0 Å². The lowest BCUT2D eigenvalue weighted by molar-refractivity contribution is -0.128. The van der Waals surface area contributed by atoms with Crippen molar-refractivity contribution in [3.05, 3.63) is 30.3 Å². The van der Waals surface area contributed by atoms with Gasteiger partial charge < -0.3 is 5.32 Å². The topological polar surface area (TPSA) is 90.5 Å². The van der Waals surface area contributed by atoms with Gasteiger partial charge in [0.05, 0.1) is 4.90 Å². The Hall–Kier alpha value is -1.48. The third kappa shape index (κ3) is 5.00. The van der Waals surface area contributed by atoms with Gasteiger partial charge in [0.15, 0.2) is 0 Å². The number of hydrogen-bond acceptors (Lipinski definition) is 5. The smallest absolute Gasteiger partial charge is 0.252 e. The third-order valence-electron chi connectivity index (χ3n) is 3.67. The first kappa shape index (κ1) is 17.9. The summed E-state index contributed by atoms with van der Waals surface area (Å²) in [5, 5.41) is 5.01. The van der Waals surface area contributed by atoms with Gasteiger partial charge in [-0.15, -0.1) is 0 Å². The van der Waals surface area contributed by atoms with Crippen molar-refractivity contribution in [2.45, 2.75) is 24.8 Å². The Balaban J connectivity index is 2.07. The number of sulfonamides is 1. The molecule has 1 fully saturated rings. The fraction of sp³-hybridized carbons (Fsp3) is 0.533. The highest BCUT2D eigenvalue weighted by molar-refractivity contribution is 7.89. The van der Waals surface area contributed by atoms with E-state index in [0.717, 1.165) is 13.1 Å². The molecule has 0 bridgehead atoms. The van der Waals surface area contributed by atoms with Crippen LogP contribution in [0.5, 0.6) is 0 Å². The number of nitrogens with one attached hydrogen (secondary N) is 3. The average molecular weight is 340 g/mol. The van der Waals surface area contributed by atoms with Gasteiger partial charge in [0.2, 0.25) is 10.0 Å². The van der Waals surface area contributed by atoms with E-state index in [4.69, 9.17) is 0 Å². The maximum absolute atomic E-state index is 12.5. The van der Waals surface area contributed by atoms with E-state index in [2.05, 4.69) is 15.5 Å². The van der Waals surface area contributed by atoms with Crippen LogP contribution in [0, 0.1) is 5.92 Å². The Labute approximate surface area is 137 Å². The van der Waals surface area contributed by atoms with Gasteiger partial charge in [-0.2, -0.15) is 4.72 Å². The molecule has 0 unspecified atom stereocenters. The summed E-state index contributed by atoms with van der Waals surface area (Å²) in [5.41, 5.74) is 2.80. The van der Waals surface area contributed by atoms with E-state index < -0.39 is 16.1 Å². The molecule has 0 saturated carbocycles. The lowest BCUT2D eigenvalue weighted by Crippen LogP contribution is -2.58. The molecule has 23 heavy (non-hydrogen) atoms. The quantitative estimate of drug-likeness (QED) is 0.674. The largest absolute Gasteiger partial charge is 0.314 e. The maximum atomic E-state index is 12.5. The molecule has 1 heterocycles. The molecule has 0 spiro atoms. The molecular formula is C15H24N4O3S. The summed E-state index contributed by atoms with van der Waals surface area (Å²) < 4.78 is 27.4. The number of hydrazine groups is 1. The zero-order valence-corrected chi connectivity index (χ0v) is 14.3. The van der Waals surface area contributed by atoms with E-state index in [9.17, 15) is 13.2 Å². The van der Waals surface area contributed by atoms with E-state index >= 15 is 0 Å². The highest BCUT2D eigenvalue weighted by atomic mass is 32.2. The first-order chi connectivity index (χ1) is 10.9. The van der Waals surface area contributed by atoms with Crippen molar-refractivity contribution in [3.8, 4) is 0 Å². The molecule has 8 heteroatoms. The lowest BCUT2D eigenvalue weighted by atomic mass is 10.1.